The third-order valence-corrected chi connectivity index (χ3v) is 4.63. The molecule has 19 heavy (non-hydrogen) atoms. The SMILES string of the molecule is Clc1cccc(Nc2nccc3c2C2CCC3C2)c1. The fourth-order valence-corrected chi connectivity index (χ4v) is 3.79. The standard InChI is InChI=1S/C16H15ClN2/c17-12-2-1-3-13(9-12)19-16-15-11-5-4-10(8-11)14(15)6-7-18-16/h1-3,6-7,9-11H,4-5,8H2,(H,18,19). The maximum absolute atomic E-state index is 6.03. The van der Waals surface area contributed by atoms with Gasteiger partial charge in [-0.05, 0) is 60.9 Å². The Labute approximate surface area is 117 Å². The second-order valence-electron chi connectivity index (χ2n) is 5.50. The fourth-order valence-electron chi connectivity index (χ4n) is 3.60. The summed E-state index contributed by atoms with van der Waals surface area (Å²) in [6, 6.07) is 10.0. The third-order valence-electron chi connectivity index (χ3n) is 4.39. The Balaban J connectivity index is 1.73. The van der Waals surface area contributed by atoms with Gasteiger partial charge in [-0.1, -0.05) is 17.7 Å². The van der Waals surface area contributed by atoms with Gasteiger partial charge in [-0.3, -0.25) is 0 Å². The largest absolute Gasteiger partial charge is 0.340 e. The highest BCUT2D eigenvalue weighted by atomic mass is 35.5. The zero-order valence-electron chi connectivity index (χ0n) is 10.6. The molecule has 0 amide bonds. The molecule has 1 heterocycles. The molecule has 1 aromatic carbocycles. The lowest BCUT2D eigenvalue weighted by Crippen LogP contribution is -2.04. The van der Waals surface area contributed by atoms with Crippen molar-refractivity contribution in [2.75, 3.05) is 5.32 Å². The van der Waals surface area contributed by atoms with Crippen molar-refractivity contribution in [3.8, 4) is 0 Å². The maximum Gasteiger partial charge on any atom is 0.134 e. The van der Waals surface area contributed by atoms with Crippen LogP contribution in [0.2, 0.25) is 5.02 Å². The van der Waals surface area contributed by atoms with Crippen molar-refractivity contribution in [2.24, 2.45) is 0 Å². The maximum atomic E-state index is 6.03. The van der Waals surface area contributed by atoms with Gasteiger partial charge in [0.25, 0.3) is 0 Å². The van der Waals surface area contributed by atoms with E-state index in [0.717, 1.165) is 22.4 Å². The molecule has 96 valence electrons. The molecular formula is C16H15ClN2. The lowest BCUT2D eigenvalue weighted by molar-refractivity contribution is 0.715. The van der Waals surface area contributed by atoms with Gasteiger partial charge in [-0.15, -0.1) is 0 Å². The van der Waals surface area contributed by atoms with E-state index in [1.54, 1.807) is 0 Å². The number of anilines is 2. The van der Waals surface area contributed by atoms with E-state index in [-0.39, 0.29) is 0 Å². The van der Waals surface area contributed by atoms with Crippen LogP contribution >= 0.6 is 11.6 Å². The van der Waals surface area contributed by atoms with Crippen LogP contribution in [0.1, 0.15) is 42.2 Å². The Morgan fingerprint density at radius 1 is 1.16 bits per heavy atom. The first-order valence-electron chi connectivity index (χ1n) is 6.82. The highest BCUT2D eigenvalue weighted by Crippen LogP contribution is 2.54. The van der Waals surface area contributed by atoms with Crippen molar-refractivity contribution >= 4 is 23.1 Å². The predicted octanol–water partition coefficient (Wildman–Crippen LogP) is 4.84. The van der Waals surface area contributed by atoms with E-state index < -0.39 is 0 Å². The molecule has 1 aromatic heterocycles. The molecule has 1 fully saturated rings. The van der Waals surface area contributed by atoms with E-state index in [1.807, 2.05) is 30.5 Å². The number of hydrogen-bond donors (Lipinski definition) is 1. The minimum atomic E-state index is 0.704. The molecule has 2 aliphatic carbocycles. The molecule has 2 aliphatic rings. The van der Waals surface area contributed by atoms with Crippen molar-refractivity contribution < 1.29 is 0 Å². The molecule has 2 unspecified atom stereocenters. The van der Waals surface area contributed by atoms with Crippen molar-refractivity contribution in [1.82, 2.24) is 4.98 Å². The number of hydrogen-bond acceptors (Lipinski definition) is 2. The minimum absolute atomic E-state index is 0.704. The molecule has 0 spiro atoms. The lowest BCUT2D eigenvalue weighted by atomic mass is 9.92. The number of aromatic nitrogens is 1. The van der Waals surface area contributed by atoms with Gasteiger partial charge in [0, 0.05) is 22.5 Å². The Hall–Kier alpha value is -1.54. The Bertz CT molecular complexity index is 638. The number of nitrogens with zero attached hydrogens (tertiary/aromatic N) is 1. The Morgan fingerprint density at radius 3 is 2.95 bits per heavy atom. The van der Waals surface area contributed by atoms with E-state index in [4.69, 9.17) is 11.6 Å². The zero-order chi connectivity index (χ0) is 12.8. The smallest absolute Gasteiger partial charge is 0.134 e. The second-order valence-corrected chi connectivity index (χ2v) is 5.94. The zero-order valence-corrected chi connectivity index (χ0v) is 11.3. The van der Waals surface area contributed by atoms with E-state index in [0.29, 0.717) is 5.92 Å². The van der Waals surface area contributed by atoms with Gasteiger partial charge < -0.3 is 5.32 Å². The molecule has 2 bridgehead atoms. The summed E-state index contributed by atoms with van der Waals surface area (Å²) in [6.45, 7) is 0. The predicted molar refractivity (Wildman–Crippen MR) is 78.3 cm³/mol. The van der Waals surface area contributed by atoms with E-state index in [1.165, 1.54) is 30.4 Å². The highest BCUT2D eigenvalue weighted by molar-refractivity contribution is 6.30. The van der Waals surface area contributed by atoms with Crippen LogP contribution in [0.25, 0.3) is 0 Å². The van der Waals surface area contributed by atoms with Gasteiger partial charge >= 0.3 is 0 Å². The normalized spacial score (nSPS) is 23.4. The second kappa shape index (κ2) is 4.24. The van der Waals surface area contributed by atoms with Crippen LogP contribution in [-0.2, 0) is 0 Å². The molecule has 4 rings (SSSR count). The van der Waals surface area contributed by atoms with Crippen molar-refractivity contribution in [3.63, 3.8) is 0 Å². The Kier molecular flexibility index (Phi) is 2.52. The molecule has 3 heteroatoms. The van der Waals surface area contributed by atoms with Crippen LogP contribution in [0.3, 0.4) is 0 Å². The quantitative estimate of drug-likeness (QED) is 0.844. The summed E-state index contributed by atoms with van der Waals surface area (Å²) in [5.41, 5.74) is 3.96. The topological polar surface area (TPSA) is 24.9 Å². The first kappa shape index (κ1) is 11.3. The number of nitrogens with one attached hydrogen (secondary N) is 1. The summed E-state index contributed by atoms with van der Waals surface area (Å²) in [7, 11) is 0. The van der Waals surface area contributed by atoms with E-state index in [2.05, 4.69) is 16.4 Å². The molecule has 0 aliphatic heterocycles. The van der Waals surface area contributed by atoms with E-state index in [9.17, 15) is 0 Å². The number of halogens is 1. The summed E-state index contributed by atoms with van der Waals surface area (Å²) in [6.07, 6.45) is 5.89. The summed E-state index contributed by atoms with van der Waals surface area (Å²) in [5, 5.41) is 4.18. The summed E-state index contributed by atoms with van der Waals surface area (Å²) < 4.78 is 0. The molecule has 2 aromatic rings. The molecule has 0 saturated heterocycles. The van der Waals surface area contributed by atoms with Crippen LogP contribution in [0.15, 0.2) is 36.5 Å². The van der Waals surface area contributed by atoms with Crippen molar-refractivity contribution in [1.29, 1.82) is 0 Å². The molecule has 1 saturated carbocycles. The number of benzene rings is 1. The van der Waals surface area contributed by atoms with Crippen molar-refractivity contribution in [3.05, 3.63) is 52.7 Å². The summed E-state index contributed by atoms with van der Waals surface area (Å²) in [4.78, 5) is 4.54. The van der Waals surface area contributed by atoms with Crippen molar-refractivity contribution in [2.45, 2.75) is 31.1 Å². The van der Waals surface area contributed by atoms with Gasteiger partial charge in [0.1, 0.15) is 5.82 Å². The number of fused-ring (bicyclic) bond motifs is 5. The number of pyridine rings is 1. The first-order chi connectivity index (χ1) is 9.31. The van der Waals surface area contributed by atoms with Crippen LogP contribution < -0.4 is 5.32 Å². The molecule has 0 radical (unpaired) electrons. The first-order valence-corrected chi connectivity index (χ1v) is 7.20. The highest BCUT2D eigenvalue weighted by Gasteiger charge is 2.38. The lowest BCUT2D eigenvalue weighted by Gasteiger charge is -2.18. The fraction of sp³-hybridized carbons (Fsp3) is 0.312. The molecule has 1 N–H and O–H groups in total. The minimum Gasteiger partial charge on any atom is -0.340 e. The number of rotatable bonds is 2. The summed E-state index contributed by atoms with van der Waals surface area (Å²) >= 11 is 6.03. The van der Waals surface area contributed by atoms with Gasteiger partial charge in [0.15, 0.2) is 0 Å². The molecular weight excluding hydrogens is 256 g/mol. The van der Waals surface area contributed by atoms with E-state index >= 15 is 0 Å². The average Bonchev–Trinajstić information content (AvgIpc) is 3.01. The van der Waals surface area contributed by atoms with Gasteiger partial charge in [0.05, 0.1) is 0 Å². The Morgan fingerprint density at radius 2 is 2.05 bits per heavy atom. The van der Waals surface area contributed by atoms with Crippen LogP contribution in [0.5, 0.6) is 0 Å². The molecule has 2 nitrogen and oxygen atoms in total. The average molecular weight is 271 g/mol. The van der Waals surface area contributed by atoms with Crippen LogP contribution in [0, 0.1) is 0 Å². The van der Waals surface area contributed by atoms with Crippen LogP contribution in [-0.4, -0.2) is 4.98 Å². The molecule has 2 atom stereocenters. The third kappa shape index (κ3) is 1.82. The van der Waals surface area contributed by atoms with Gasteiger partial charge in [-0.2, -0.15) is 0 Å². The summed E-state index contributed by atoms with van der Waals surface area (Å²) in [5.74, 6) is 2.49. The van der Waals surface area contributed by atoms with Gasteiger partial charge in [-0.25, -0.2) is 4.98 Å². The van der Waals surface area contributed by atoms with Crippen LogP contribution in [0.4, 0.5) is 11.5 Å². The monoisotopic (exact) mass is 270 g/mol. The van der Waals surface area contributed by atoms with Gasteiger partial charge in [0.2, 0.25) is 0 Å².